The molecule has 3 rings (SSSR count). The Hall–Kier alpha value is -1.26. The molecule has 2 aliphatic rings. The van der Waals surface area contributed by atoms with Crippen LogP contribution in [0.15, 0.2) is 18.2 Å². The molecule has 1 aromatic rings. The lowest BCUT2D eigenvalue weighted by Gasteiger charge is -2.37. The summed E-state index contributed by atoms with van der Waals surface area (Å²) in [6.07, 6.45) is 5.60. The summed E-state index contributed by atoms with van der Waals surface area (Å²) >= 11 is 0. The molecule has 1 aromatic carbocycles. The van der Waals surface area contributed by atoms with Crippen LogP contribution in [0.25, 0.3) is 0 Å². The number of hydrogen-bond donors (Lipinski definition) is 2. The smallest absolute Gasteiger partial charge is 0.131 e. The Morgan fingerprint density at radius 1 is 1.04 bits per heavy atom. The summed E-state index contributed by atoms with van der Waals surface area (Å²) in [4.78, 5) is 3.58. The molecule has 0 saturated carbocycles. The van der Waals surface area contributed by atoms with E-state index in [1.807, 2.05) is 17.0 Å². The van der Waals surface area contributed by atoms with E-state index in [1.54, 1.807) is 19.1 Å². The molecular formula is C20H34N2O2+2. The average molecular weight is 335 g/mol. The molecule has 4 nitrogen and oxygen atoms in total. The molecule has 0 radical (unpaired) electrons. The predicted molar refractivity (Wildman–Crippen MR) is 96.1 cm³/mol. The highest BCUT2D eigenvalue weighted by atomic mass is 16.5. The highest BCUT2D eigenvalue weighted by Crippen LogP contribution is 2.24. The van der Waals surface area contributed by atoms with Crippen molar-refractivity contribution >= 4 is 0 Å². The van der Waals surface area contributed by atoms with Crippen molar-refractivity contribution in [1.29, 1.82) is 0 Å². The maximum absolute atomic E-state index is 5.56. The number of hydrogen-bond acceptors (Lipinski definition) is 2. The van der Waals surface area contributed by atoms with Gasteiger partial charge in [-0.1, -0.05) is 6.92 Å². The third kappa shape index (κ3) is 4.22. The molecule has 2 fully saturated rings. The lowest BCUT2D eigenvalue weighted by Crippen LogP contribution is -3.21. The maximum Gasteiger partial charge on any atom is 0.131 e. The van der Waals surface area contributed by atoms with Gasteiger partial charge in [-0.3, -0.25) is 0 Å². The van der Waals surface area contributed by atoms with Crippen molar-refractivity contribution in [3.63, 3.8) is 0 Å². The van der Waals surface area contributed by atoms with Gasteiger partial charge in [-0.25, -0.2) is 0 Å². The molecule has 0 aromatic heterocycles. The molecule has 2 unspecified atom stereocenters. The van der Waals surface area contributed by atoms with Gasteiger partial charge in [0.25, 0.3) is 0 Å². The van der Waals surface area contributed by atoms with Crippen LogP contribution in [0.3, 0.4) is 0 Å². The molecule has 0 spiro atoms. The highest BCUT2D eigenvalue weighted by molar-refractivity contribution is 5.40. The number of methoxy groups -OCH3 is 2. The van der Waals surface area contributed by atoms with Crippen LogP contribution >= 0.6 is 0 Å². The van der Waals surface area contributed by atoms with Crippen molar-refractivity contribution in [3.8, 4) is 11.5 Å². The minimum atomic E-state index is 0.868. The third-order valence-corrected chi connectivity index (χ3v) is 6.01. The number of ether oxygens (including phenoxy) is 2. The summed E-state index contributed by atoms with van der Waals surface area (Å²) in [5.41, 5.74) is 1.30. The first kappa shape index (κ1) is 17.6. The summed E-state index contributed by atoms with van der Waals surface area (Å²) in [6.45, 7) is 8.86. The first-order valence-electron chi connectivity index (χ1n) is 9.58. The van der Waals surface area contributed by atoms with E-state index in [9.17, 15) is 0 Å². The van der Waals surface area contributed by atoms with Crippen LogP contribution in [0, 0.1) is 5.92 Å². The van der Waals surface area contributed by atoms with Crippen molar-refractivity contribution in [2.24, 2.45) is 5.92 Å². The van der Waals surface area contributed by atoms with Gasteiger partial charge in [-0.2, -0.15) is 0 Å². The Kier molecular flexibility index (Phi) is 6.01. The highest BCUT2D eigenvalue weighted by Gasteiger charge is 2.32. The molecule has 0 bridgehead atoms. The van der Waals surface area contributed by atoms with E-state index in [-0.39, 0.29) is 0 Å². The van der Waals surface area contributed by atoms with Gasteiger partial charge in [-0.15, -0.1) is 0 Å². The Morgan fingerprint density at radius 3 is 2.50 bits per heavy atom. The van der Waals surface area contributed by atoms with Crippen LogP contribution in [0.1, 0.15) is 38.2 Å². The van der Waals surface area contributed by atoms with Gasteiger partial charge >= 0.3 is 0 Å². The van der Waals surface area contributed by atoms with Crippen LogP contribution in [0.4, 0.5) is 0 Å². The van der Waals surface area contributed by atoms with E-state index < -0.39 is 0 Å². The fourth-order valence-electron chi connectivity index (χ4n) is 4.58. The van der Waals surface area contributed by atoms with Crippen LogP contribution in [0.5, 0.6) is 11.5 Å². The van der Waals surface area contributed by atoms with Gasteiger partial charge in [0.05, 0.1) is 46.4 Å². The van der Waals surface area contributed by atoms with E-state index in [0.717, 1.165) is 30.0 Å². The number of nitrogens with one attached hydrogen (secondary N) is 2. The average Bonchev–Trinajstić information content (AvgIpc) is 2.62. The summed E-state index contributed by atoms with van der Waals surface area (Å²) < 4.78 is 10.9. The summed E-state index contributed by atoms with van der Waals surface area (Å²) in [6, 6.07) is 7.10. The monoisotopic (exact) mass is 334 g/mol. The van der Waals surface area contributed by atoms with Crippen molar-refractivity contribution in [3.05, 3.63) is 23.8 Å². The van der Waals surface area contributed by atoms with Gasteiger partial charge in [0.15, 0.2) is 0 Å². The fourth-order valence-corrected chi connectivity index (χ4v) is 4.58. The Morgan fingerprint density at radius 2 is 1.83 bits per heavy atom. The van der Waals surface area contributed by atoms with Crippen LogP contribution in [-0.4, -0.2) is 46.4 Å². The Bertz CT molecular complexity index is 526. The Balaban J connectivity index is 1.54. The second kappa shape index (κ2) is 8.21. The zero-order chi connectivity index (χ0) is 16.9. The fraction of sp³-hybridized carbons (Fsp3) is 0.700. The SMILES string of the molecule is COc1ccc(C[NH+]2CCC([NH+]3CCCC(C)C3)CC2)c(OC)c1. The maximum atomic E-state index is 5.56. The standard InChI is InChI=1S/C20H32N2O2/c1-16-5-4-10-22(14-16)18-8-11-21(12-9-18)15-17-6-7-19(23-2)13-20(17)24-3/h6-7,13,16,18H,4-5,8-12,14-15H2,1-3H3/p+2. The molecule has 2 heterocycles. The number of benzene rings is 1. The van der Waals surface area contributed by atoms with E-state index in [4.69, 9.17) is 9.47 Å². The topological polar surface area (TPSA) is 27.3 Å². The van der Waals surface area contributed by atoms with Crippen LogP contribution in [0.2, 0.25) is 0 Å². The molecule has 2 N–H and O–H groups in total. The van der Waals surface area contributed by atoms with Crippen LogP contribution in [-0.2, 0) is 6.54 Å². The van der Waals surface area contributed by atoms with Crippen molar-refractivity contribution < 1.29 is 19.3 Å². The van der Waals surface area contributed by atoms with Gasteiger partial charge in [0.2, 0.25) is 0 Å². The number of likely N-dealkylation sites (tertiary alicyclic amines) is 2. The molecular weight excluding hydrogens is 300 g/mol. The van der Waals surface area contributed by atoms with E-state index in [1.165, 1.54) is 57.4 Å². The molecule has 2 atom stereocenters. The number of rotatable bonds is 5. The molecule has 134 valence electrons. The second-order valence-electron chi connectivity index (χ2n) is 7.74. The van der Waals surface area contributed by atoms with Gasteiger partial charge < -0.3 is 19.3 Å². The summed E-state index contributed by atoms with van der Waals surface area (Å²) in [5.74, 6) is 2.74. The molecule has 4 heteroatoms. The van der Waals surface area contributed by atoms with E-state index in [0.29, 0.717) is 0 Å². The van der Waals surface area contributed by atoms with E-state index >= 15 is 0 Å². The van der Waals surface area contributed by atoms with Crippen molar-refractivity contribution in [1.82, 2.24) is 0 Å². The van der Waals surface area contributed by atoms with Gasteiger partial charge in [0, 0.05) is 30.4 Å². The van der Waals surface area contributed by atoms with E-state index in [2.05, 4.69) is 13.0 Å². The summed E-state index contributed by atoms with van der Waals surface area (Å²) in [5, 5.41) is 0. The molecule has 0 amide bonds. The van der Waals surface area contributed by atoms with Crippen molar-refractivity contribution in [2.45, 2.75) is 45.2 Å². The Labute approximate surface area is 146 Å². The lowest BCUT2D eigenvalue weighted by atomic mass is 9.95. The molecule has 2 aliphatic heterocycles. The third-order valence-electron chi connectivity index (χ3n) is 6.01. The summed E-state index contributed by atoms with van der Waals surface area (Å²) in [7, 11) is 3.45. The molecule has 2 saturated heterocycles. The normalized spacial score (nSPS) is 30.8. The zero-order valence-electron chi connectivity index (χ0n) is 15.6. The van der Waals surface area contributed by atoms with Crippen molar-refractivity contribution in [2.75, 3.05) is 40.4 Å². The minimum absolute atomic E-state index is 0.868. The number of piperidine rings is 2. The molecule has 0 aliphatic carbocycles. The minimum Gasteiger partial charge on any atom is -0.497 e. The first-order chi connectivity index (χ1) is 11.7. The quantitative estimate of drug-likeness (QED) is 0.824. The zero-order valence-corrected chi connectivity index (χ0v) is 15.6. The van der Waals surface area contributed by atoms with Gasteiger partial charge in [-0.05, 0) is 25.0 Å². The first-order valence-corrected chi connectivity index (χ1v) is 9.58. The largest absolute Gasteiger partial charge is 0.497 e. The predicted octanol–water partition coefficient (Wildman–Crippen LogP) is 0.566. The number of quaternary nitrogens is 2. The second-order valence-corrected chi connectivity index (χ2v) is 7.74. The molecule has 24 heavy (non-hydrogen) atoms. The lowest BCUT2D eigenvalue weighted by molar-refractivity contribution is -0.967. The van der Waals surface area contributed by atoms with Crippen LogP contribution < -0.4 is 19.3 Å². The van der Waals surface area contributed by atoms with Gasteiger partial charge in [0.1, 0.15) is 18.0 Å².